The van der Waals surface area contributed by atoms with Gasteiger partial charge in [0, 0.05) is 62.9 Å². The number of aromatic nitrogens is 4. The SMILES string of the molecule is Cc1ncc(CN[C@@H]2CCN(c3nc(C(=O)N(C)C)nc(C)c3C)C2)[nH]1. The molecule has 0 aliphatic carbocycles. The highest BCUT2D eigenvalue weighted by molar-refractivity contribution is 5.90. The van der Waals surface area contributed by atoms with E-state index in [4.69, 9.17) is 0 Å². The lowest BCUT2D eigenvalue weighted by atomic mass is 10.2. The second-order valence-electron chi connectivity index (χ2n) is 7.09. The van der Waals surface area contributed by atoms with Gasteiger partial charge in [0.25, 0.3) is 5.91 Å². The molecule has 0 saturated carbocycles. The molecule has 0 bridgehead atoms. The minimum atomic E-state index is -0.169. The number of amides is 1. The molecule has 8 nitrogen and oxygen atoms in total. The van der Waals surface area contributed by atoms with E-state index in [-0.39, 0.29) is 11.7 Å². The third kappa shape index (κ3) is 3.85. The molecule has 1 aliphatic rings. The molecule has 8 heteroatoms. The molecule has 0 spiro atoms. The van der Waals surface area contributed by atoms with Gasteiger partial charge in [-0.05, 0) is 27.2 Å². The highest BCUT2D eigenvalue weighted by atomic mass is 16.2. The van der Waals surface area contributed by atoms with E-state index in [0.717, 1.165) is 54.6 Å². The lowest BCUT2D eigenvalue weighted by Gasteiger charge is -2.22. The molecule has 1 amide bonds. The van der Waals surface area contributed by atoms with Crippen molar-refractivity contribution in [1.29, 1.82) is 0 Å². The number of nitrogens with one attached hydrogen (secondary N) is 2. The Morgan fingerprint density at radius 1 is 1.35 bits per heavy atom. The Bertz CT molecular complexity index is 799. The molecule has 2 aromatic heterocycles. The fraction of sp³-hybridized carbons (Fsp3) is 0.556. The van der Waals surface area contributed by atoms with Crippen molar-refractivity contribution in [2.75, 3.05) is 32.1 Å². The summed E-state index contributed by atoms with van der Waals surface area (Å²) in [5.74, 6) is 1.89. The average molecular weight is 357 g/mol. The van der Waals surface area contributed by atoms with Crippen molar-refractivity contribution in [3.63, 3.8) is 0 Å². The summed E-state index contributed by atoms with van der Waals surface area (Å²) in [6, 6.07) is 0.376. The lowest BCUT2D eigenvalue weighted by Crippen LogP contribution is -2.33. The van der Waals surface area contributed by atoms with Gasteiger partial charge in [0.2, 0.25) is 5.82 Å². The molecule has 1 atom stereocenters. The van der Waals surface area contributed by atoms with E-state index < -0.39 is 0 Å². The monoisotopic (exact) mass is 357 g/mol. The van der Waals surface area contributed by atoms with Crippen LogP contribution >= 0.6 is 0 Å². The topological polar surface area (TPSA) is 90.0 Å². The van der Waals surface area contributed by atoms with Crippen LogP contribution in [0.3, 0.4) is 0 Å². The van der Waals surface area contributed by atoms with Crippen LogP contribution in [0.1, 0.15) is 39.8 Å². The number of anilines is 1. The Morgan fingerprint density at radius 3 is 2.77 bits per heavy atom. The van der Waals surface area contributed by atoms with Crippen molar-refractivity contribution in [1.82, 2.24) is 30.2 Å². The van der Waals surface area contributed by atoms with Crippen molar-refractivity contribution in [3.05, 3.63) is 34.8 Å². The van der Waals surface area contributed by atoms with Gasteiger partial charge >= 0.3 is 0 Å². The molecule has 1 fully saturated rings. The zero-order valence-corrected chi connectivity index (χ0v) is 16.1. The Balaban J connectivity index is 1.70. The van der Waals surface area contributed by atoms with Gasteiger partial charge in [0.15, 0.2) is 0 Å². The van der Waals surface area contributed by atoms with Crippen molar-refractivity contribution in [2.24, 2.45) is 0 Å². The highest BCUT2D eigenvalue weighted by Crippen LogP contribution is 2.24. The quantitative estimate of drug-likeness (QED) is 0.836. The van der Waals surface area contributed by atoms with E-state index in [0.29, 0.717) is 6.04 Å². The molecule has 0 unspecified atom stereocenters. The van der Waals surface area contributed by atoms with Crippen LogP contribution < -0.4 is 10.2 Å². The number of H-pyrrole nitrogens is 1. The van der Waals surface area contributed by atoms with Crippen LogP contribution in [0.4, 0.5) is 5.82 Å². The van der Waals surface area contributed by atoms with Crippen LogP contribution in [0, 0.1) is 20.8 Å². The maximum absolute atomic E-state index is 12.3. The first-order valence-corrected chi connectivity index (χ1v) is 8.91. The van der Waals surface area contributed by atoms with Gasteiger partial charge in [-0.15, -0.1) is 0 Å². The molecule has 3 heterocycles. The average Bonchev–Trinajstić information content (AvgIpc) is 3.23. The normalized spacial score (nSPS) is 17.0. The number of carbonyl (C=O) groups is 1. The van der Waals surface area contributed by atoms with Gasteiger partial charge < -0.3 is 20.1 Å². The first kappa shape index (κ1) is 18.3. The predicted octanol–water partition coefficient (Wildman–Crippen LogP) is 1.20. The van der Waals surface area contributed by atoms with Crippen LogP contribution in [-0.4, -0.2) is 64.0 Å². The zero-order chi connectivity index (χ0) is 18.8. The summed E-state index contributed by atoms with van der Waals surface area (Å²) in [5, 5.41) is 3.57. The van der Waals surface area contributed by atoms with Gasteiger partial charge in [-0.2, -0.15) is 0 Å². The van der Waals surface area contributed by atoms with E-state index in [9.17, 15) is 4.79 Å². The van der Waals surface area contributed by atoms with E-state index in [2.05, 4.69) is 30.2 Å². The Hall–Kier alpha value is -2.48. The van der Waals surface area contributed by atoms with E-state index in [1.165, 1.54) is 4.90 Å². The smallest absolute Gasteiger partial charge is 0.291 e. The number of aryl methyl sites for hydroxylation is 2. The number of rotatable bonds is 5. The molecule has 2 aromatic rings. The second-order valence-corrected chi connectivity index (χ2v) is 7.09. The van der Waals surface area contributed by atoms with Crippen LogP contribution in [0.5, 0.6) is 0 Å². The maximum Gasteiger partial charge on any atom is 0.291 e. The summed E-state index contributed by atoms with van der Waals surface area (Å²) in [6.07, 6.45) is 2.90. The van der Waals surface area contributed by atoms with Gasteiger partial charge in [0.05, 0.1) is 0 Å². The molecule has 0 radical (unpaired) electrons. The first-order chi connectivity index (χ1) is 12.3. The molecule has 3 rings (SSSR count). The van der Waals surface area contributed by atoms with Gasteiger partial charge in [-0.3, -0.25) is 4.79 Å². The number of carbonyl (C=O) groups excluding carboxylic acids is 1. The van der Waals surface area contributed by atoms with Crippen LogP contribution in [0.15, 0.2) is 6.20 Å². The number of hydrogen-bond acceptors (Lipinski definition) is 6. The maximum atomic E-state index is 12.3. The van der Waals surface area contributed by atoms with Crippen molar-refractivity contribution < 1.29 is 4.79 Å². The number of nitrogens with zero attached hydrogens (tertiary/aromatic N) is 5. The summed E-state index contributed by atoms with van der Waals surface area (Å²) < 4.78 is 0. The van der Waals surface area contributed by atoms with Crippen LogP contribution in [0.2, 0.25) is 0 Å². The highest BCUT2D eigenvalue weighted by Gasteiger charge is 2.26. The van der Waals surface area contributed by atoms with E-state index in [1.54, 1.807) is 14.1 Å². The molecule has 1 saturated heterocycles. The molecule has 0 aromatic carbocycles. The lowest BCUT2D eigenvalue weighted by molar-refractivity contribution is 0.0815. The largest absolute Gasteiger partial charge is 0.355 e. The zero-order valence-electron chi connectivity index (χ0n) is 16.1. The Labute approximate surface area is 154 Å². The summed E-state index contributed by atoms with van der Waals surface area (Å²) in [6.45, 7) is 8.44. The number of imidazole rings is 1. The molecule has 1 aliphatic heterocycles. The minimum Gasteiger partial charge on any atom is -0.355 e. The standard InChI is InChI=1S/C18H27N7O/c1-11-12(2)21-16(18(26)24(4)5)23-17(11)25-7-6-14(10-25)20-9-15-8-19-13(3)22-15/h8,14,20H,6-7,9-10H2,1-5H3,(H,19,22)/t14-/m1/s1. The van der Waals surface area contributed by atoms with E-state index in [1.807, 2.05) is 27.0 Å². The summed E-state index contributed by atoms with van der Waals surface area (Å²) in [4.78, 5) is 32.4. The molecule has 26 heavy (non-hydrogen) atoms. The third-order valence-electron chi connectivity index (χ3n) is 4.79. The predicted molar refractivity (Wildman–Crippen MR) is 100 cm³/mol. The summed E-state index contributed by atoms with van der Waals surface area (Å²) in [7, 11) is 3.43. The van der Waals surface area contributed by atoms with Crippen molar-refractivity contribution >= 4 is 11.7 Å². The van der Waals surface area contributed by atoms with Crippen molar-refractivity contribution in [3.8, 4) is 0 Å². The molecular formula is C18H27N7O. The van der Waals surface area contributed by atoms with E-state index >= 15 is 0 Å². The fourth-order valence-corrected chi connectivity index (χ4v) is 3.15. The minimum absolute atomic E-state index is 0.169. The van der Waals surface area contributed by atoms with Gasteiger partial charge in [-0.1, -0.05) is 0 Å². The third-order valence-corrected chi connectivity index (χ3v) is 4.79. The molecule has 140 valence electrons. The Kier molecular flexibility index (Phi) is 5.22. The Morgan fingerprint density at radius 2 is 2.12 bits per heavy atom. The summed E-state index contributed by atoms with van der Waals surface area (Å²) in [5.41, 5.74) is 2.98. The number of aromatic amines is 1. The van der Waals surface area contributed by atoms with Crippen LogP contribution in [-0.2, 0) is 6.54 Å². The molecular weight excluding hydrogens is 330 g/mol. The van der Waals surface area contributed by atoms with Crippen molar-refractivity contribution in [2.45, 2.75) is 39.8 Å². The number of hydrogen-bond donors (Lipinski definition) is 2. The van der Waals surface area contributed by atoms with Crippen LogP contribution in [0.25, 0.3) is 0 Å². The fourth-order valence-electron chi connectivity index (χ4n) is 3.15. The molecule has 2 N–H and O–H groups in total. The first-order valence-electron chi connectivity index (χ1n) is 8.91. The van der Waals surface area contributed by atoms with Gasteiger partial charge in [-0.25, -0.2) is 15.0 Å². The van der Waals surface area contributed by atoms with Gasteiger partial charge in [0.1, 0.15) is 11.6 Å². The second kappa shape index (κ2) is 7.41. The summed E-state index contributed by atoms with van der Waals surface area (Å²) >= 11 is 0.